The third-order valence-electron chi connectivity index (χ3n) is 1.87. The summed E-state index contributed by atoms with van der Waals surface area (Å²) in [5.74, 6) is 0.888. The molecule has 0 aliphatic heterocycles. The zero-order valence-corrected chi connectivity index (χ0v) is 9.61. The van der Waals surface area contributed by atoms with Crippen LogP contribution in [0.1, 0.15) is 0 Å². The van der Waals surface area contributed by atoms with Crippen molar-refractivity contribution in [2.75, 3.05) is 22.9 Å². The lowest BCUT2D eigenvalue weighted by molar-refractivity contribution is 0.978. The van der Waals surface area contributed by atoms with Gasteiger partial charge in [-0.15, -0.1) is 0 Å². The minimum Gasteiger partial charge on any atom is -0.396 e. The number of nitrogen functional groups attached to an aromatic ring is 4. The first-order valence-electron chi connectivity index (χ1n) is 4.64. The van der Waals surface area contributed by atoms with E-state index in [-0.39, 0.29) is 5.82 Å². The molecular formula is C9H11N7S. The fourth-order valence-electron chi connectivity index (χ4n) is 1.12. The van der Waals surface area contributed by atoms with Crippen LogP contribution in [0.2, 0.25) is 0 Å². The van der Waals surface area contributed by atoms with Crippen molar-refractivity contribution in [3.05, 3.63) is 18.2 Å². The lowest BCUT2D eigenvalue weighted by Crippen LogP contribution is -2.00. The van der Waals surface area contributed by atoms with Gasteiger partial charge in [-0.1, -0.05) is 0 Å². The number of hydrogen-bond donors (Lipinski definition) is 4. The first-order chi connectivity index (χ1) is 8.04. The van der Waals surface area contributed by atoms with Crippen LogP contribution in [0, 0.1) is 0 Å². The summed E-state index contributed by atoms with van der Waals surface area (Å²) in [6.07, 6.45) is 0. The monoisotopic (exact) mass is 249 g/mol. The Hall–Kier alpha value is -2.22. The van der Waals surface area contributed by atoms with Crippen molar-refractivity contribution in [1.29, 1.82) is 0 Å². The topological polar surface area (TPSA) is 143 Å². The maximum Gasteiger partial charge on any atom is 0.197 e. The van der Waals surface area contributed by atoms with Crippen molar-refractivity contribution in [2.24, 2.45) is 0 Å². The van der Waals surface area contributed by atoms with Gasteiger partial charge in [0, 0.05) is 6.07 Å². The van der Waals surface area contributed by atoms with Crippen molar-refractivity contribution in [2.45, 2.75) is 10.2 Å². The number of aromatic nitrogens is 3. The van der Waals surface area contributed by atoms with Crippen LogP contribution in [0.3, 0.4) is 0 Å². The van der Waals surface area contributed by atoms with E-state index < -0.39 is 0 Å². The van der Waals surface area contributed by atoms with Crippen LogP contribution in [0.15, 0.2) is 28.4 Å². The Balaban J connectivity index is 2.28. The molecule has 0 saturated heterocycles. The highest BCUT2D eigenvalue weighted by Gasteiger charge is 2.06. The van der Waals surface area contributed by atoms with Crippen LogP contribution in [-0.2, 0) is 0 Å². The quantitative estimate of drug-likeness (QED) is 0.558. The van der Waals surface area contributed by atoms with Gasteiger partial charge in [0.25, 0.3) is 0 Å². The van der Waals surface area contributed by atoms with Crippen LogP contribution in [0.4, 0.5) is 23.1 Å². The summed E-state index contributed by atoms with van der Waals surface area (Å²) in [7, 11) is 0. The first-order valence-corrected chi connectivity index (χ1v) is 5.46. The van der Waals surface area contributed by atoms with Crippen LogP contribution < -0.4 is 22.9 Å². The van der Waals surface area contributed by atoms with E-state index in [9.17, 15) is 0 Å². The summed E-state index contributed by atoms with van der Waals surface area (Å²) in [6, 6.07) is 4.87. The molecule has 0 amide bonds. The standard InChI is InChI=1S/C9H11N7S/c10-4-1-2-7(16-8(4)13)17-9-14-5(11)3-6(12)15-9/h1-3H,10H2,(H2,13,16)(H4,11,12,14,15). The van der Waals surface area contributed by atoms with Gasteiger partial charge in [-0.25, -0.2) is 15.0 Å². The minimum atomic E-state index is 0.270. The average molecular weight is 249 g/mol. The number of pyridine rings is 1. The van der Waals surface area contributed by atoms with E-state index in [0.717, 1.165) is 0 Å². The SMILES string of the molecule is Nc1cc(N)nc(Sc2ccc(N)c(N)n2)n1. The smallest absolute Gasteiger partial charge is 0.197 e. The third-order valence-corrected chi connectivity index (χ3v) is 2.67. The second-order valence-electron chi connectivity index (χ2n) is 3.23. The summed E-state index contributed by atoms with van der Waals surface area (Å²) in [4.78, 5) is 12.1. The normalized spacial score (nSPS) is 10.4. The average Bonchev–Trinajstić information content (AvgIpc) is 2.22. The van der Waals surface area contributed by atoms with E-state index in [1.54, 1.807) is 12.1 Å². The number of rotatable bonds is 2. The highest BCUT2D eigenvalue weighted by Crippen LogP contribution is 2.26. The number of nitrogens with two attached hydrogens (primary N) is 4. The first kappa shape index (κ1) is 11.3. The molecule has 0 saturated carbocycles. The Bertz CT molecular complexity index is 537. The molecule has 0 unspecified atom stereocenters. The molecule has 8 heteroatoms. The Morgan fingerprint density at radius 2 is 1.53 bits per heavy atom. The summed E-state index contributed by atoms with van der Waals surface area (Å²) < 4.78 is 0. The Kier molecular flexibility index (Phi) is 2.88. The molecule has 17 heavy (non-hydrogen) atoms. The summed E-state index contributed by atoms with van der Waals surface area (Å²) in [5.41, 5.74) is 22.7. The molecule has 2 aromatic rings. The van der Waals surface area contributed by atoms with Crippen molar-refractivity contribution in [3.63, 3.8) is 0 Å². The Morgan fingerprint density at radius 1 is 0.882 bits per heavy atom. The molecular weight excluding hydrogens is 238 g/mol. The second kappa shape index (κ2) is 4.34. The van der Waals surface area contributed by atoms with Crippen LogP contribution in [-0.4, -0.2) is 15.0 Å². The van der Waals surface area contributed by atoms with Crippen LogP contribution in [0.25, 0.3) is 0 Å². The van der Waals surface area contributed by atoms with Gasteiger partial charge >= 0.3 is 0 Å². The lowest BCUT2D eigenvalue weighted by atomic mass is 10.4. The van der Waals surface area contributed by atoms with E-state index in [2.05, 4.69) is 15.0 Å². The molecule has 8 N–H and O–H groups in total. The zero-order chi connectivity index (χ0) is 12.4. The van der Waals surface area contributed by atoms with Gasteiger partial charge in [0.05, 0.1) is 5.69 Å². The van der Waals surface area contributed by atoms with Gasteiger partial charge in [-0.2, -0.15) is 0 Å². The molecule has 2 aromatic heterocycles. The highest BCUT2D eigenvalue weighted by atomic mass is 32.2. The molecule has 0 aromatic carbocycles. The molecule has 88 valence electrons. The van der Waals surface area contributed by atoms with E-state index in [1.165, 1.54) is 17.8 Å². The van der Waals surface area contributed by atoms with Gasteiger partial charge in [0.2, 0.25) is 0 Å². The fourth-order valence-corrected chi connectivity index (χ4v) is 1.89. The predicted molar refractivity (Wildman–Crippen MR) is 68.0 cm³/mol. The van der Waals surface area contributed by atoms with Gasteiger partial charge in [-0.3, -0.25) is 0 Å². The van der Waals surface area contributed by atoms with Gasteiger partial charge < -0.3 is 22.9 Å². The number of anilines is 4. The van der Waals surface area contributed by atoms with E-state index in [0.29, 0.717) is 27.5 Å². The van der Waals surface area contributed by atoms with Gasteiger partial charge in [0.15, 0.2) is 5.16 Å². The van der Waals surface area contributed by atoms with Crippen LogP contribution >= 0.6 is 11.8 Å². The van der Waals surface area contributed by atoms with Gasteiger partial charge in [0.1, 0.15) is 22.5 Å². The van der Waals surface area contributed by atoms with Crippen LogP contribution in [0.5, 0.6) is 0 Å². The van der Waals surface area contributed by atoms with Crippen molar-refractivity contribution in [1.82, 2.24) is 15.0 Å². The molecule has 2 heterocycles. The Morgan fingerprint density at radius 3 is 2.12 bits per heavy atom. The maximum absolute atomic E-state index is 5.59. The maximum atomic E-state index is 5.59. The highest BCUT2D eigenvalue weighted by molar-refractivity contribution is 7.99. The third kappa shape index (κ3) is 2.67. The number of hydrogen-bond acceptors (Lipinski definition) is 8. The second-order valence-corrected chi connectivity index (χ2v) is 4.21. The van der Waals surface area contributed by atoms with Gasteiger partial charge in [-0.05, 0) is 23.9 Å². The predicted octanol–water partition coefficient (Wildman–Crippen LogP) is 0.352. The summed E-state index contributed by atoms with van der Waals surface area (Å²) in [6.45, 7) is 0. The largest absolute Gasteiger partial charge is 0.396 e. The minimum absolute atomic E-state index is 0.270. The summed E-state index contributed by atoms with van der Waals surface area (Å²) in [5, 5.41) is 1.04. The molecule has 0 radical (unpaired) electrons. The molecule has 0 fully saturated rings. The number of nitrogens with zero attached hydrogens (tertiary/aromatic N) is 3. The van der Waals surface area contributed by atoms with E-state index in [4.69, 9.17) is 22.9 Å². The molecule has 0 spiro atoms. The fraction of sp³-hybridized carbons (Fsp3) is 0. The van der Waals surface area contributed by atoms with Crippen molar-refractivity contribution in [3.8, 4) is 0 Å². The summed E-state index contributed by atoms with van der Waals surface area (Å²) >= 11 is 1.21. The van der Waals surface area contributed by atoms with E-state index in [1.807, 2.05) is 0 Å². The van der Waals surface area contributed by atoms with Crippen molar-refractivity contribution >= 4 is 34.9 Å². The molecule has 0 aliphatic rings. The molecule has 7 nitrogen and oxygen atoms in total. The zero-order valence-electron chi connectivity index (χ0n) is 8.79. The molecule has 0 bridgehead atoms. The van der Waals surface area contributed by atoms with E-state index >= 15 is 0 Å². The molecule has 0 atom stereocenters. The van der Waals surface area contributed by atoms with Crippen molar-refractivity contribution < 1.29 is 0 Å². The molecule has 2 rings (SSSR count). The Labute approximate surface area is 102 Å². The lowest BCUT2D eigenvalue weighted by Gasteiger charge is -2.04. The molecule has 0 aliphatic carbocycles.